The third kappa shape index (κ3) is 4.19. The van der Waals surface area contributed by atoms with Crippen molar-refractivity contribution in [1.29, 1.82) is 0 Å². The van der Waals surface area contributed by atoms with Crippen LogP contribution in [0.3, 0.4) is 0 Å². The maximum atomic E-state index is 13.5. The van der Waals surface area contributed by atoms with Gasteiger partial charge in [0.25, 0.3) is 0 Å². The van der Waals surface area contributed by atoms with Crippen molar-refractivity contribution in [3.8, 4) is 22.5 Å². The second kappa shape index (κ2) is 9.72. The number of nitrogens with zero attached hydrogens (tertiary/aromatic N) is 6. The summed E-state index contributed by atoms with van der Waals surface area (Å²) in [7, 11) is 1.73. The highest BCUT2D eigenvalue weighted by Crippen LogP contribution is 2.34. The number of unbranched alkanes of at least 4 members (excludes halogenated alkanes) is 1. The number of aromatic amines is 1. The Morgan fingerprint density at radius 2 is 1.97 bits per heavy atom. The van der Waals surface area contributed by atoms with Gasteiger partial charge in [-0.2, -0.15) is 0 Å². The van der Waals surface area contributed by atoms with Gasteiger partial charge in [-0.15, -0.1) is 5.10 Å². The van der Waals surface area contributed by atoms with Crippen LogP contribution in [0, 0.1) is 0 Å². The van der Waals surface area contributed by atoms with Crippen molar-refractivity contribution >= 4 is 0 Å². The second-order valence-corrected chi connectivity index (χ2v) is 8.78. The zero-order chi connectivity index (χ0) is 23.5. The summed E-state index contributed by atoms with van der Waals surface area (Å²) >= 11 is 0. The average molecular weight is 460 g/mol. The highest BCUT2D eigenvalue weighted by atomic mass is 16.5. The SMILES string of the molecule is CCCCc1cn(C2CCC2OC)c(=O)n1Cc1cnccc1-c1ccc(-c2nnn[nH]2)cc1. The molecule has 2 atom stereocenters. The number of imidazole rings is 1. The molecular weight excluding hydrogens is 430 g/mol. The highest BCUT2D eigenvalue weighted by molar-refractivity contribution is 5.69. The largest absolute Gasteiger partial charge is 0.379 e. The van der Waals surface area contributed by atoms with Crippen molar-refractivity contribution in [2.45, 2.75) is 57.7 Å². The molecule has 34 heavy (non-hydrogen) atoms. The molecule has 176 valence electrons. The summed E-state index contributed by atoms with van der Waals surface area (Å²) in [5.41, 5.74) is 5.11. The molecule has 1 aliphatic rings. The lowest BCUT2D eigenvalue weighted by Gasteiger charge is -2.35. The number of tetrazole rings is 1. The molecule has 5 rings (SSSR count). The smallest absolute Gasteiger partial charge is 0.329 e. The lowest BCUT2D eigenvalue weighted by atomic mass is 9.89. The van der Waals surface area contributed by atoms with Gasteiger partial charge in [-0.1, -0.05) is 37.6 Å². The van der Waals surface area contributed by atoms with Crippen LogP contribution in [0.25, 0.3) is 22.5 Å². The van der Waals surface area contributed by atoms with Crippen molar-refractivity contribution in [1.82, 2.24) is 34.7 Å². The van der Waals surface area contributed by atoms with E-state index in [2.05, 4.69) is 32.5 Å². The van der Waals surface area contributed by atoms with Crippen LogP contribution in [0.5, 0.6) is 0 Å². The quantitative estimate of drug-likeness (QED) is 0.410. The number of H-pyrrole nitrogens is 1. The van der Waals surface area contributed by atoms with E-state index in [4.69, 9.17) is 4.74 Å². The van der Waals surface area contributed by atoms with E-state index in [-0.39, 0.29) is 17.8 Å². The van der Waals surface area contributed by atoms with E-state index in [0.717, 1.165) is 60.1 Å². The number of hydrogen-bond donors (Lipinski definition) is 1. The summed E-state index contributed by atoms with van der Waals surface area (Å²) in [6.07, 6.45) is 10.8. The fourth-order valence-corrected chi connectivity index (χ4v) is 4.65. The van der Waals surface area contributed by atoms with Crippen molar-refractivity contribution in [3.05, 3.63) is 70.7 Å². The first-order chi connectivity index (χ1) is 16.7. The molecule has 3 aromatic heterocycles. The van der Waals surface area contributed by atoms with E-state index < -0.39 is 0 Å². The molecule has 1 aromatic carbocycles. The molecule has 0 bridgehead atoms. The molecular formula is C25H29N7O2. The number of aryl methyl sites for hydroxylation is 1. The molecule has 0 radical (unpaired) electrons. The maximum absolute atomic E-state index is 13.5. The van der Waals surface area contributed by atoms with Crippen LogP contribution in [-0.2, 0) is 17.7 Å². The standard InChI is InChI=1S/C25H29N7O2/c1-3-4-5-20-16-32(22-10-11-23(22)34-2)25(33)31(20)15-19-14-26-13-12-21(19)17-6-8-18(9-7-17)24-27-29-30-28-24/h6-9,12-14,16,22-23H,3-5,10-11,15H2,1-2H3,(H,27,28,29,30). The molecule has 3 heterocycles. The van der Waals surface area contributed by atoms with Gasteiger partial charge in [0, 0.05) is 37.0 Å². The molecule has 1 aliphatic carbocycles. The third-order valence-electron chi connectivity index (χ3n) is 6.76. The molecule has 9 nitrogen and oxygen atoms in total. The summed E-state index contributed by atoms with van der Waals surface area (Å²) in [5, 5.41) is 14.0. The van der Waals surface area contributed by atoms with Gasteiger partial charge >= 0.3 is 5.69 Å². The topological polar surface area (TPSA) is 104 Å². The van der Waals surface area contributed by atoms with Crippen LogP contribution < -0.4 is 5.69 Å². The van der Waals surface area contributed by atoms with E-state index >= 15 is 0 Å². The molecule has 0 spiro atoms. The van der Waals surface area contributed by atoms with Crippen LogP contribution in [0.4, 0.5) is 0 Å². The van der Waals surface area contributed by atoms with E-state index in [1.807, 2.05) is 51.9 Å². The van der Waals surface area contributed by atoms with Crippen LogP contribution in [0.2, 0.25) is 0 Å². The molecule has 0 aliphatic heterocycles. The highest BCUT2D eigenvalue weighted by Gasteiger charge is 2.34. The number of ether oxygens (including phenoxy) is 1. The van der Waals surface area contributed by atoms with Gasteiger partial charge in [-0.3, -0.25) is 14.1 Å². The van der Waals surface area contributed by atoms with Crippen LogP contribution in [0.15, 0.2) is 53.7 Å². The van der Waals surface area contributed by atoms with E-state index in [1.165, 1.54) is 0 Å². The zero-order valence-electron chi connectivity index (χ0n) is 19.5. The van der Waals surface area contributed by atoms with Gasteiger partial charge in [0.05, 0.1) is 18.7 Å². The fourth-order valence-electron chi connectivity index (χ4n) is 4.65. The maximum Gasteiger partial charge on any atom is 0.329 e. The van der Waals surface area contributed by atoms with E-state index in [9.17, 15) is 4.79 Å². The van der Waals surface area contributed by atoms with Gasteiger partial charge in [-0.25, -0.2) is 9.89 Å². The van der Waals surface area contributed by atoms with Crippen LogP contribution >= 0.6 is 0 Å². The first-order valence-electron chi connectivity index (χ1n) is 11.8. The lowest BCUT2D eigenvalue weighted by molar-refractivity contribution is -0.0105. The summed E-state index contributed by atoms with van der Waals surface area (Å²) < 4.78 is 9.38. The normalized spacial score (nSPS) is 17.6. The van der Waals surface area contributed by atoms with Crippen molar-refractivity contribution in [2.24, 2.45) is 0 Å². The van der Waals surface area contributed by atoms with Crippen LogP contribution in [-0.4, -0.2) is 48.0 Å². The Morgan fingerprint density at radius 1 is 1.15 bits per heavy atom. The molecule has 0 saturated heterocycles. The number of pyridine rings is 1. The molecule has 9 heteroatoms. The van der Waals surface area contributed by atoms with Gasteiger partial charge in [0.1, 0.15) is 0 Å². The first kappa shape index (κ1) is 22.2. The lowest BCUT2D eigenvalue weighted by Crippen LogP contribution is -2.40. The van der Waals surface area contributed by atoms with E-state index in [0.29, 0.717) is 12.4 Å². The molecule has 1 saturated carbocycles. The van der Waals surface area contributed by atoms with Gasteiger partial charge in [-0.05, 0) is 58.9 Å². The number of benzene rings is 1. The number of hydrogen-bond acceptors (Lipinski definition) is 6. The fraction of sp³-hybridized carbons (Fsp3) is 0.400. The Bertz CT molecular complexity index is 1290. The number of aromatic nitrogens is 7. The Morgan fingerprint density at radius 3 is 2.65 bits per heavy atom. The van der Waals surface area contributed by atoms with Gasteiger partial charge < -0.3 is 4.74 Å². The Balaban J connectivity index is 1.48. The Kier molecular flexibility index (Phi) is 6.35. The minimum Gasteiger partial charge on any atom is -0.379 e. The van der Waals surface area contributed by atoms with Crippen molar-refractivity contribution in [3.63, 3.8) is 0 Å². The van der Waals surface area contributed by atoms with E-state index in [1.54, 1.807) is 13.3 Å². The van der Waals surface area contributed by atoms with Crippen molar-refractivity contribution < 1.29 is 4.74 Å². The number of nitrogens with one attached hydrogen (secondary N) is 1. The minimum absolute atomic E-state index is 0.0285. The molecule has 0 amide bonds. The third-order valence-corrected chi connectivity index (χ3v) is 6.76. The molecule has 1 N–H and O–H groups in total. The predicted octanol–water partition coefficient (Wildman–Crippen LogP) is 3.63. The monoisotopic (exact) mass is 459 g/mol. The minimum atomic E-state index is 0.0285. The Labute approximate surface area is 197 Å². The van der Waals surface area contributed by atoms with Crippen molar-refractivity contribution in [2.75, 3.05) is 7.11 Å². The summed E-state index contributed by atoms with van der Waals surface area (Å²) in [4.78, 5) is 17.9. The number of methoxy groups -OCH3 is 1. The summed E-state index contributed by atoms with van der Waals surface area (Å²) in [6, 6.07) is 10.2. The summed E-state index contributed by atoms with van der Waals surface area (Å²) in [5.74, 6) is 0.625. The molecule has 2 unspecified atom stereocenters. The average Bonchev–Trinajstić information content (AvgIpc) is 3.48. The van der Waals surface area contributed by atoms with Crippen LogP contribution in [0.1, 0.15) is 49.9 Å². The molecule has 1 fully saturated rings. The predicted molar refractivity (Wildman–Crippen MR) is 128 cm³/mol. The Hall–Kier alpha value is -3.59. The zero-order valence-corrected chi connectivity index (χ0v) is 19.5. The first-order valence-corrected chi connectivity index (χ1v) is 11.8. The molecule has 4 aromatic rings. The number of rotatable bonds is 9. The summed E-state index contributed by atoms with van der Waals surface area (Å²) in [6.45, 7) is 2.65. The van der Waals surface area contributed by atoms with Gasteiger partial charge in [0.15, 0.2) is 5.82 Å². The van der Waals surface area contributed by atoms with Gasteiger partial charge in [0.2, 0.25) is 0 Å². The second-order valence-electron chi connectivity index (χ2n) is 8.78.